The Bertz CT molecular complexity index is 243. The van der Waals surface area contributed by atoms with E-state index in [9.17, 15) is 9.90 Å². The highest BCUT2D eigenvalue weighted by atomic mass is 32.2. The highest BCUT2D eigenvalue weighted by molar-refractivity contribution is 7.99. The maximum atomic E-state index is 11.4. The molecule has 2 rings (SSSR count). The molecule has 0 bridgehead atoms. The summed E-state index contributed by atoms with van der Waals surface area (Å²) in [4.78, 5) is 11.4. The zero-order valence-electron chi connectivity index (χ0n) is 9.61. The van der Waals surface area contributed by atoms with Crippen LogP contribution in [0.1, 0.15) is 44.9 Å². The number of ether oxygens (including phenoxy) is 1. The predicted molar refractivity (Wildman–Crippen MR) is 64.9 cm³/mol. The van der Waals surface area contributed by atoms with E-state index in [4.69, 9.17) is 4.74 Å². The first kappa shape index (κ1) is 12.2. The van der Waals surface area contributed by atoms with Gasteiger partial charge in [-0.25, -0.2) is 4.79 Å². The van der Waals surface area contributed by atoms with Gasteiger partial charge < -0.3 is 9.84 Å². The van der Waals surface area contributed by atoms with Crippen LogP contribution in [0.4, 0.5) is 0 Å². The fraction of sp³-hybridized carbons (Fsp3) is 0.917. The van der Waals surface area contributed by atoms with E-state index in [1.807, 2.05) is 0 Å². The van der Waals surface area contributed by atoms with Gasteiger partial charge in [0.05, 0.1) is 6.10 Å². The molecule has 1 saturated heterocycles. The van der Waals surface area contributed by atoms with E-state index in [0.717, 1.165) is 25.0 Å². The summed E-state index contributed by atoms with van der Waals surface area (Å²) in [6.45, 7) is 0. The van der Waals surface area contributed by atoms with Gasteiger partial charge in [0, 0.05) is 5.75 Å². The van der Waals surface area contributed by atoms with Gasteiger partial charge in [0.2, 0.25) is 0 Å². The highest BCUT2D eigenvalue weighted by Crippen LogP contribution is 2.34. The van der Waals surface area contributed by atoms with Crippen LogP contribution < -0.4 is 0 Å². The average molecular weight is 244 g/mol. The van der Waals surface area contributed by atoms with Crippen molar-refractivity contribution >= 4 is 17.7 Å². The second-order valence-corrected chi connectivity index (χ2v) is 5.94. The molecule has 1 atom stereocenters. The number of hydrogen-bond donors (Lipinski definition) is 1. The third-order valence-corrected chi connectivity index (χ3v) is 4.79. The van der Waals surface area contributed by atoms with Gasteiger partial charge in [-0.15, -0.1) is 0 Å². The van der Waals surface area contributed by atoms with E-state index in [1.165, 1.54) is 19.3 Å². The topological polar surface area (TPSA) is 46.5 Å². The number of aliphatic carboxylic acids is 1. The van der Waals surface area contributed by atoms with Crippen LogP contribution in [0.25, 0.3) is 0 Å². The van der Waals surface area contributed by atoms with Crippen molar-refractivity contribution in [2.24, 2.45) is 0 Å². The third-order valence-electron chi connectivity index (χ3n) is 3.54. The highest BCUT2D eigenvalue weighted by Gasteiger charge is 2.43. The zero-order valence-corrected chi connectivity index (χ0v) is 10.4. The Balaban J connectivity index is 1.98. The minimum absolute atomic E-state index is 0.184. The summed E-state index contributed by atoms with van der Waals surface area (Å²) >= 11 is 1.71. The van der Waals surface area contributed by atoms with Crippen LogP contribution in [0.2, 0.25) is 0 Å². The summed E-state index contributed by atoms with van der Waals surface area (Å²) in [5, 5.41) is 9.38. The van der Waals surface area contributed by atoms with Gasteiger partial charge in [0.15, 0.2) is 5.60 Å². The smallest absolute Gasteiger partial charge is 0.336 e. The molecule has 0 aromatic rings. The first-order chi connectivity index (χ1) is 7.73. The molecule has 2 aliphatic rings. The maximum Gasteiger partial charge on any atom is 0.336 e. The summed E-state index contributed by atoms with van der Waals surface area (Å²) in [6, 6.07) is 0. The number of hydrogen-bond acceptors (Lipinski definition) is 3. The molecule has 3 nitrogen and oxygen atoms in total. The molecule has 1 aliphatic heterocycles. The third kappa shape index (κ3) is 2.72. The standard InChI is InChI=1S/C12H20O3S/c13-11(14)12(7-4-8-16-9-12)15-10-5-2-1-3-6-10/h10H,1-9H2,(H,13,14). The number of carboxylic acid groups (broad SMARTS) is 1. The quantitative estimate of drug-likeness (QED) is 0.829. The van der Waals surface area contributed by atoms with Crippen LogP contribution >= 0.6 is 11.8 Å². The summed E-state index contributed by atoms with van der Waals surface area (Å²) in [6.07, 6.45) is 7.56. The van der Waals surface area contributed by atoms with Crippen molar-refractivity contribution < 1.29 is 14.6 Å². The molecular formula is C12H20O3S. The van der Waals surface area contributed by atoms with Crippen LogP contribution in [0, 0.1) is 0 Å². The van der Waals surface area contributed by atoms with Gasteiger partial charge in [0.25, 0.3) is 0 Å². The van der Waals surface area contributed by atoms with E-state index in [2.05, 4.69) is 0 Å². The Morgan fingerprint density at radius 2 is 2.00 bits per heavy atom. The Hall–Kier alpha value is -0.220. The molecule has 1 heterocycles. The zero-order chi connectivity index (χ0) is 11.4. The number of thioether (sulfide) groups is 1. The van der Waals surface area contributed by atoms with Crippen molar-refractivity contribution in [3.8, 4) is 0 Å². The molecule has 1 saturated carbocycles. The largest absolute Gasteiger partial charge is 0.479 e. The molecule has 1 aliphatic carbocycles. The molecule has 1 unspecified atom stereocenters. The molecule has 0 aromatic carbocycles. The molecule has 4 heteroatoms. The summed E-state index contributed by atoms with van der Waals surface area (Å²) in [5.74, 6) is 0.937. The second kappa shape index (κ2) is 5.41. The molecule has 1 N–H and O–H groups in total. The van der Waals surface area contributed by atoms with E-state index in [-0.39, 0.29) is 6.10 Å². The van der Waals surface area contributed by atoms with Gasteiger partial charge in [-0.05, 0) is 31.4 Å². The van der Waals surface area contributed by atoms with Crippen molar-refractivity contribution in [1.82, 2.24) is 0 Å². The minimum Gasteiger partial charge on any atom is -0.479 e. The first-order valence-corrected chi connectivity index (χ1v) is 7.37. The lowest BCUT2D eigenvalue weighted by atomic mass is 9.94. The maximum absolute atomic E-state index is 11.4. The van der Waals surface area contributed by atoms with Crippen LogP contribution in [0.3, 0.4) is 0 Å². The van der Waals surface area contributed by atoms with E-state index in [1.54, 1.807) is 11.8 Å². The molecule has 0 spiro atoms. The summed E-state index contributed by atoms with van der Waals surface area (Å²) in [7, 11) is 0. The summed E-state index contributed by atoms with van der Waals surface area (Å²) < 4.78 is 5.96. The average Bonchev–Trinajstić information content (AvgIpc) is 2.31. The lowest BCUT2D eigenvalue weighted by molar-refractivity contribution is -0.173. The van der Waals surface area contributed by atoms with Gasteiger partial charge in [-0.3, -0.25) is 0 Å². The van der Waals surface area contributed by atoms with Crippen molar-refractivity contribution in [2.45, 2.75) is 56.7 Å². The molecule has 0 amide bonds. The molecule has 16 heavy (non-hydrogen) atoms. The van der Waals surface area contributed by atoms with E-state index >= 15 is 0 Å². The molecular weight excluding hydrogens is 224 g/mol. The first-order valence-electron chi connectivity index (χ1n) is 6.22. The minimum atomic E-state index is -0.884. The van der Waals surface area contributed by atoms with Gasteiger partial charge in [0.1, 0.15) is 0 Å². The normalized spacial score (nSPS) is 32.5. The fourth-order valence-corrected chi connectivity index (χ4v) is 3.74. The fourth-order valence-electron chi connectivity index (χ4n) is 2.58. The van der Waals surface area contributed by atoms with E-state index < -0.39 is 11.6 Å². The lowest BCUT2D eigenvalue weighted by Crippen LogP contribution is -2.48. The number of carboxylic acids is 1. The SMILES string of the molecule is O=C(O)C1(OC2CCCCC2)CCCSC1. The van der Waals surface area contributed by atoms with Crippen molar-refractivity contribution in [1.29, 1.82) is 0 Å². The number of carbonyl (C=O) groups is 1. The van der Waals surface area contributed by atoms with Crippen molar-refractivity contribution in [3.63, 3.8) is 0 Å². The van der Waals surface area contributed by atoms with E-state index in [0.29, 0.717) is 12.2 Å². The molecule has 92 valence electrons. The van der Waals surface area contributed by atoms with Crippen LogP contribution in [-0.4, -0.2) is 34.3 Å². The van der Waals surface area contributed by atoms with Crippen LogP contribution in [0.15, 0.2) is 0 Å². The number of rotatable bonds is 3. The molecule has 2 fully saturated rings. The van der Waals surface area contributed by atoms with Crippen molar-refractivity contribution in [2.75, 3.05) is 11.5 Å². The summed E-state index contributed by atoms with van der Waals surface area (Å²) in [5.41, 5.74) is -0.884. The lowest BCUT2D eigenvalue weighted by Gasteiger charge is -2.37. The molecule has 0 aromatic heterocycles. The monoisotopic (exact) mass is 244 g/mol. The Labute approximate surface area is 101 Å². The molecule has 0 radical (unpaired) electrons. The van der Waals surface area contributed by atoms with Gasteiger partial charge >= 0.3 is 5.97 Å². The predicted octanol–water partition coefficient (Wildman–Crippen LogP) is 2.69. The Morgan fingerprint density at radius 3 is 2.56 bits per heavy atom. The second-order valence-electron chi connectivity index (χ2n) is 4.83. The Kier molecular flexibility index (Phi) is 4.14. The van der Waals surface area contributed by atoms with Gasteiger partial charge in [-0.1, -0.05) is 19.3 Å². The Morgan fingerprint density at radius 1 is 1.25 bits per heavy atom. The van der Waals surface area contributed by atoms with Crippen molar-refractivity contribution in [3.05, 3.63) is 0 Å². The van der Waals surface area contributed by atoms with Gasteiger partial charge in [-0.2, -0.15) is 11.8 Å². The van der Waals surface area contributed by atoms with Crippen LogP contribution in [-0.2, 0) is 9.53 Å². The van der Waals surface area contributed by atoms with Crippen LogP contribution in [0.5, 0.6) is 0 Å².